The molecule has 2 amide bonds. The molecular formula is C31H37Cl2N3O4S. The predicted molar refractivity (Wildman–Crippen MR) is 166 cm³/mol. The molecule has 41 heavy (non-hydrogen) atoms. The van der Waals surface area contributed by atoms with Crippen LogP contribution in [0.5, 0.6) is 0 Å². The first kappa shape index (κ1) is 32.4. The maximum atomic E-state index is 14.2. The number of hydrogen-bond acceptors (Lipinski definition) is 4. The third kappa shape index (κ3) is 8.24. The van der Waals surface area contributed by atoms with Crippen molar-refractivity contribution in [2.75, 3.05) is 10.8 Å². The maximum Gasteiger partial charge on any atom is 0.264 e. The molecule has 0 unspecified atom stereocenters. The number of benzene rings is 3. The van der Waals surface area contributed by atoms with Crippen LogP contribution in [-0.4, -0.2) is 43.8 Å². The number of nitrogens with zero attached hydrogens (tertiary/aromatic N) is 2. The Morgan fingerprint density at radius 1 is 0.902 bits per heavy atom. The Morgan fingerprint density at radius 3 is 2.10 bits per heavy atom. The van der Waals surface area contributed by atoms with Gasteiger partial charge < -0.3 is 10.2 Å². The average molecular weight is 619 g/mol. The number of hydrogen-bond donors (Lipinski definition) is 1. The zero-order valence-electron chi connectivity index (χ0n) is 24.0. The molecule has 0 fully saturated rings. The number of sulfonamides is 1. The van der Waals surface area contributed by atoms with Gasteiger partial charge in [0, 0.05) is 22.6 Å². The molecule has 3 rings (SSSR count). The Kier molecular flexibility index (Phi) is 11.2. The number of anilines is 1. The molecule has 0 aromatic heterocycles. The summed E-state index contributed by atoms with van der Waals surface area (Å²) >= 11 is 12.6. The van der Waals surface area contributed by atoms with E-state index in [1.807, 2.05) is 40.7 Å². The topological polar surface area (TPSA) is 86.8 Å². The summed E-state index contributed by atoms with van der Waals surface area (Å²) in [7, 11) is -4.14. The van der Waals surface area contributed by atoms with Gasteiger partial charge in [-0.2, -0.15) is 0 Å². The maximum absolute atomic E-state index is 14.2. The van der Waals surface area contributed by atoms with Crippen molar-refractivity contribution in [1.82, 2.24) is 10.2 Å². The lowest BCUT2D eigenvalue weighted by Crippen LogP contribution is -2.53. The van der Waals surface area contributed by atoms with Gasteiger partial charge in [-0.25, -0.2) is 8.42 Å². The van der Waals surface area contributed by atoms with Crippen LogP contribution in [0.4, 0.5) is 5.69 Å². The number of carbonyl (C=O) groups is 2. The summed E-state index contributed by atoms with van der Waals surface area (Å²) in [6.45, 7) is 8.87. The molecule has 3 aromatic carbocycles. The number of nitrogens with one attached hydrogen (secondary N) is 1. The van der Waals surface area contributed by atoms with E-state index in [4.69, 9.17) is 23.2 Å². The molecule has 10 heteroatoms. The van der Waals surface area contributed by atoms with Gasteiger partial charge in [-0.3, -0.25) is 13.9 Å². The van der Waals surface area contributed by atoms with Crippen LogP contribution >= 0.6 is 23.2 Å². The van der Waals surface area contributed by atoms with Gasteiger partial charge in [-0.15, -0.1) is 0 Å². The molecule has 0 aliphatic heterocycles. The molecule has 0 aliphatic rings. The largest absolute Gasteiger partial charge is 0.352 e. The second kappa shape index (κ2) is 14.2. The van der Waals surface area contributed by atoms with Gasteiger partial charge in [0.25, 0.3) is 10.0 Å². The number of aryl methyl sites for hydroxylation is 2. The van der Waals surface area contributed by atoms with Crippen LogP contribution in [0.2, 0.25) is 10.0 Å². The van der Waals surface area contributed by atoms with Gasteiger partial charge >= 0.3 is 0 Å². The highest BCUT2D eigenvalue weighted by Crippen LogP contribution is 2.28. The molecule has 0 radical (unpaired) electrons. The highest BCUT2D eigenvalue weighted by molar-refractivity contribution is 7.92. The van der Waals surface area contributed by atoms with E-state index in [1.54, 1.807) is 48.5 Å². The van der Waals surface area contributed by atoms with Crippen molar-refractivity contribution in [1.29, 1.82) is 0 Å². The van der Waals surface area contributed by atoms with E-state index in [1.165, 1.54) is 17.0 Å². The van der Waals surface area contributed by atoms with E-state index in [9.17, 15) is 18.0 Å². The zero-order chi connectivity index (χ0) is 30.3. The molecular weight excluding hydrogens is 581 g/mol. The minimum absolute atomic E-state index is 0.00661. The highest BCUT2D eigenvalue weighted by atomic mass is 35.5. The fourth-order valence-corrected chi connectivity index (χ4v) is 6.42. The Hall–Kier alpha value is -3.07. The van der Waals surface area contributed by atoms with Crippen LogP contribution in [0.3, 0.4) is 0 Å². The van der Waals surface area contributed by atoms with E-state index >= 15 is 0 Å². The Labute approximate surface area is 253 Å². The highest BCUT2D eigenvalue weighted by Gasteiger charge is 2.34. The summed E-state index contributed by atoms with van der Waals surface area (Å²) in [5.41, 5.74) is 2.65. The van der Waals surface area contributed by atoms with Gasteiger partial charge in [-0.05, 0) is 86.7 Å². The van der Waals surface area contributed by atoms with Crippen LogP contribution in [0.25, 0.3) is 0 Å². The van der Waals surface area contributed by atoms with Crippen LogP contribution < -0.4 is 9.62 Å². The molecule has 0 spiro atoms. The SMILES string of the molecule is CC[C@@H](C)NC(=O)[C@@H](CC)N(Cc1ccc(Cl)cc1Cl)C(=O)CN(c1cc(C)cc(C)c1)S(=O)(=O)c1ccccc1. The zero-order valence-corrected chi connectivity index (χ0v) is 26.4. The third-order valence-corrected chi connectivity index (χ3v) is 9.22. The van der Waals surface area contributed by atoms with E-state index in [0.717, 1.165) is 21.9 Å². The van der Waals surface area contributed by atoms with Gasteiger partial charge in [0.15, 0.2) is 0 Å². The quantitative estimate of drug-likeness (QED) is 0.250. The second-order valence-electron chi connectivity index (χ2n) is 10.2. The van der Waals surface area contributed by atoms with E-state index < -0.39 is 28.5 Å². The van der Waals surface area contributed by atoms with Crippen molar-refractivity contribution in [3.05, 3.63) is 93.5 Å². The number of amides is 2. The van der Waals surface area contributed by atoms with Crippen LogP contribution in [-0.2, 0) is 26.2 Å². The van der Waals surface area contributed by atoms with E-state index in [0.29, 0.717) is 27.7 Å². The third-order valence-electron chi connectivity index (χ3n) is 6.85. The summed E-state index contributed by atoms with van der Waals surface area (Å²) in [6, 6.07) is 17.4. The molecule has 1 N–H and O–H groups in total. The fourth-order valence-electron chi connectivity index (χ4n) is 4.54. The van der Waals surface area contributed by atoms with Crippen molar-refractivity contribution < 1.29 is 18.0 Å². The molecule has 3 aromatic rings. The standard InChI is InChI=1S/C31H37Cl2N3O4S/c1-6-23(5)34-31(38)29(7-2)35(19-24-13-14-25(32)18-28(24)33)30(37)20-36(26-16-21(3)15-22(4)17-26)41(39,40)27-11-9-8-10-12-27/h8-18,23,29H,6-7,19-20H2,1-5H3,(H,34,38)/t23-,29-/m1/s1. The number of carbonyl (C=O) groups excluding carboxylic acids is 2. The lowest BCUT2D eigenvalue weighted by Gasteiger charge is -2.34. The minimum Gasteiger partial charge on any atom is -0.352 e. The smallest absolute Gasteiger partial charge is 0.264 e. The summed E-state index contributed by atoms with van der Waals surface area (Å²) in [4.78, 5) is 29.0. The molecule has 0 heterocycles. The Bertz CT molecular complexity index is 1460. The molecule has 0 saturated heterocycles. The number of rotatable bonds is 12. The molecule has 2 atom stereocenters. The van der Waals surface area contributed by atoms with Gasteiger partial charge in [0.2, 0.25) is 11.8 Å². The van der Waals surface area contributed by atoms with Crippen molar-refractivity contribution in [2.24, 2.45) is 0 Å². The summed E-state index contributed by atoms with van der Waals surface area (Å²) < 4.78 is 29.0. The molecule has 220 valence electrons. The van der Waals surface area contributed by atoms with Crippen molar-refractivity contribution in [3.8, 4) is 0 Å². The van der Waals surface area contributed by atoms with Gasteiger partial charge in [0.05, 0.1) is 10.6 Å². The Morgan fingerprint density at radius 2 is 1.54 bits per heavy atom. The van der Waals surface area contributed by atoms with Crippen LogP contribution in [0.1, 0.15) is 50.3 Å². The summed E-state index contributed by atoms with van der Waals surface area (Å²) in [5, 5.41) is 3.74. The molecule has 0 aliphatic carbocycles. The van der Waals surface area contributed by atoms with Gasteiger partial charge in [-0.1, -0.05) is 67.4 Å². The first-order chi connectivity index (χ1) is 19.4. The van der Waals surface area contributed by atoms with Gasteiger partial charge in [0.1, 0.15) is 12.6 Å². The normalized spacial score (nSPS) is 12.9. The molecule has 0 bridgehead atoms. The van der Waals surface area contributed by atoms with Crippen molar-refractivity contribution in [3.63, 3.8) is 0 Å². The Balaban J connectivity index is 2.10. The minimum atomic E-state index is -4.14. The number of halogens is 2. The molecule has 0 saturated carbocycles. The van der Waals surface area contributed by atoms with E-state index in [2.05, 4.69) is 5.32 Å². The average Bonchev–Trinajstić information content (AvgIpc) is 2.92. The summed E-state index contributed by atoms with van der Waals surface area (Å²) in [5.74, 6) is -0.856. The van der Waals surface area contributed by atoms with Crippen LogP contribution in [0.15, 0.2) is 71.6 Å². The lowest BCUT2D eigenvalue weighted by atomic mass is 10.1. The summed E-state index contributed by atoms with van der Waals surface area (Å²) in [6.07, 6.45) is 1.03. The van der Waals surface area contributed by atoms with Crippen molar-refractivity contribution >= 4 is 50.7 Å². The van der Waals surface area contributed by atoms with Crippen molar-refractivity contribution in [2.45, 2.75) is 71.0 Å². The van der Waals surface area contributed by atoms with E-state index in [-0.39, 0.29) is 23.4 Å². The monoisotopic (exact) mass is 617 g/mol. The molecule has 7 nitrogen and oxygen atoms in total. The first-order valence-corrected chi connectivity index (χ1v) is 15.8. The predicted octanol–water partition coefficient (Wildman–Crippen LogP) is 6.53. The second-order valence-corrected chi connectivity index (χ2v) is 12.9. The fraction of sp³-hybridized carbons (Fsp3) is 0.355. The van der Waals surface area contributed by atoms with Crippen LogP contribution in [0, 0.1) is 13.8 Å². The first-order valence-electron chi connectivity index (χ1n) is 13.6. The lowest BCUT2D eigenvalue weighted by molar-refractivity contribution is -0.140.